The lowest BCUT2D eigenvalue weighted by Crippen LogP contribution is -2.72. The highest BCUT2D eigenvalue weighted by atomic mass is 79.9. The van der Waals surface area contributed by atoms with Gasteiger partial charge in [0.15, 0.2) is 0 Å². The third-order valence-electron chi connectivity index (χ3n) is 4.95. The maximum atomic E-state index is 14.4. The van der Waals surface area contributed by atoms with Crippen molar-refractivity contribution in [2.45, 2.75) is 95.8 Å². The molecule has 4 unspecified atom stereocenters. The fourth-order valence-electron chi connectivity index (χ4n) is 2.37. The van der Waals surface area contributed by atoms with Crippen LogP contribution in [0.5, 0.6) is 0 Å². The van der Waals surface area contributed by atoms with E-state index < -0.39 is 95.8 Å². The van der Waals surface area contributed by atoms with Crippen LogP contribution < -0.4 is 0 Å². The summed E-state index contributed by atoms with van der Waals surface area (Å²) in [6, 6.07) is 0. The van der Waals surface area contributed by atoms with E-state index in [2.05, 4.69) is 0 Å². The predicted octanol–water partition coefficient (Wildman–Crippen LogP) is 11.1. The first-order valence-electron chi connectivity index (χ1n) is 11.0. The van der Waals surface area contributed by atoms with E-state index in [1.165, 1.54) is 4.74 Å². The molecule has 332 valence electrons. The molecule has 0 amide bonds. The molecule has 0 N–H and O–H groups in total. The molecule has 4 atom stereocenters. The second kappa shape index (κ2) is 13.8. The Hall–Kier alpha value is -2.03. The van der Waals surface area contributed by atoms with Crippen LogP contribution in [-0.4, -0.2) is 95.8 Å². The van der Waals surface area contributed by atoms with E-state index in [1.807, 2.05) is 0 Å². The van der Waals surface area contributed by atoms with Crippen molar-refractivity contribution in [1.82, 2.24) is 0 Å². The lowest BCUT2D eigenvalue weighted by atomic mass is 10.2. The van der Waals surface area contributed by atoms with Gasteiger partial charge in [0.05, 0.1) is 0 Å². The average molecular weight is 979 g/mol. The zero-order valence-corrected chi connectivity index (χ0v) is 24.5. The minimum atomic E-state index is -9.42. The average Bonchev–Trinajstić information content (AvgIpc) is 2.82. The van der Waals surface area contributed by atoms with Gasteiger partial charge in [-0.05, 0) is 0 Å². The highest BCUT2D eigenvalue weighted by Crippen LogP contribution is 2.62. The summed E-state index contributed by atoms with van der Waals surface area (Å²) in [5, 5.41) is 0. The fraction of sp³-hybridized carbons (Fsp3) is 1.00. The maximum Gasteiger partial charge on any atom is 0.483 e. The Morgan fingerprint density at radius 2 is 0.364 bits per heavy atom. The van der Waals surface area contributed by atoms with Crippen molar-refractivity contribution in [1.29, 1.82) is 0 Å². The molecule has 0 heterocycles. The number of hydrogen-bond acceptors (Lipinski definition) is 5. The highest BCUT2D eigenvalue weighted by molar-refractivity contribution is 9.10. The largest absolute Gasteiger partial charge is 0.483 e. The number of hydrogen-bond donors (Lipinski definition) is 0. The normalized spacial score (nSPS) is 20.4. The molecule has 55 heavy (non-hydrogen) atoms. The van der Waals surface area contributed by atoms with E-state index in [1.54, 1.807) is 0 Å². The first-order valence-corrected chi connectivity index (χ1v) is 11.8. The number of rotatable bonds is 15. The van der Waals surface area contributed by atoms with E-state index in [9.17, 15) is 145 Å². The van der Waals surface area contributed by atoms with Crippen LogP contribution in [0.2, 0.25) is 0 Å². The third-order valence-corrected chi connectivity index (χ3v) is 5.41. The van der Waals surface area contributed by atoms with Gasteiger partial charge in [0, 0.05) is 15.9 Å². The van der Waals surface area contributed by atoms with Gasteiger partial charge in [0.25, 0.3) is 0 Å². The van der Waals surface area contributed by atoms with Gasteiger partial charge in [-0.3, -0.25) is 18.9 Å². The van der Waals surface area contributed by atoms with Crippen LogP contribution in [-0.2, 0) is 23.7 Å². The van der Waals surface area contributed by atoms with Crippen molar-refractivity contribution in [3.05, 3.63) is 0 Å². The summed E-state index contributed by atoms with van der Waals surface area (Å²) < 4.78 is 443. The molecule has 0 bridgehead atoms. The molecule has 39 heteroatoms. The SMILES string of the molecule is FC(F)(F)C(F)(F)OC(F)(F)C(F)(OC(F)(F)C(F)(OC(F)(F)C(F)(OC(F)(F)C(F)(OC(F)(F)C(F)(F)Br)C(F)(F)F)C(F)(F)F)C(F)(F)F)C(F)(F)F. The minimum Gasteiger partial charge on any atom is -0.263 e. The zero-order chi connectivity index (χ0) is 45.5. The van der Waals surface area contributed by atoms with Gasteiger partial charge in [-0.25, -0.2) is 4.74 Å². The quantitative estimate of drug-likeness (QED) is 0.121. The van der Waals surface area contributed by atoms with Crippen molar-refractivity contribution in [2.24, 2.45) is 0 Å². The second-order valence-corrected chi connectivity index (χ2v) is 9.97. The fourth-order valence-corrected chi connectivity index (χ4v) is 2.46. The molecule has 0 aromatic carbocycles. The summed E-state index contributed by atoms with van der Waals surface area (Å²) in [6.45, 7) is 0. The van der Waals surface area contributed by atoms with Crippen molar-refractivity contribution in [3.63, 3.8) is 0 Å². The van der Waals surface area contributed by atoms with Gasteiger partial charge in [-0.1, -0.05) is 0 Å². The van der Waals surface area contributed by atoms with Crippen molar-refractivity contribution in [2.75, 3.05) is 0 Å². The molecule has 0 aliphatic heterocycles. The van der Waals surface area contributed by atoms with E-state index in [-0.39, 0.29) is 15.9 Å². The number of alkyl halides is 34. The molecule has 5 nitrogen and oxygen atoms in total. The molecular formula is C16BrF33O5. The Labute approximate surface area is 281 Å². The minimum absolute atomic E-state index is 0.257. The summed E-state index contributed by atoms with van der Waals surface area (Å²) in [5.74, 6) is -36.5. The maximum absolute atomic E-state index is 14.4. The van der Waals surface area contributed by atoms with Gasteiger partial charge in [0.1, 0.15) is 0 Å². The lowest BCUT2D eigenvalue weighted by molar-refractivity contribution is -0.600. The Kier molecular flexibility index (Phi) is 13.3. The molecule has 0 aromatic heterocycles. The van der Waals surface area contributed by atoms with Crippen LogP contribution in [0.4, 0.5) is 145 Å². The Balaban J connectivity index is 7.84. The van der Waals surface area contributed by atoms with Crippen LogP contribution in [0, 0.1) is 0 Å². The Bertz CT molecular complexity index is 1340. The molecule has 0 spiro atoms. The summed E-state index contributed by atoms with van der Waals surface area (Å²) >= 11 is 0.257. The smallest absolute Gasteiger partial charge is 0.263 e. The number of halogens is 34. The third kappa shape index (κ3) is 9.32. The van der Waals surface area contributed by atoms with Crippen molar-refractivity contribution in [3.8, 4) is 0 Å². The molecular weight excluding hydrogens is 979 g/mol. The summed E-state index contributed by atoms with van der Waals surface area (Å²) in [4.78, 5) is -6.68. The van der Waals surface area contributed by atoms with E-state index in [0.717, 1.165) is 18.9 Å². The van der Waals surface area contributed by atoms with Crippen LogP contribution in [0.15, 0.2) is 0 Å². The molecule has 0 saturated carbocycles. The van der Waals surface area contributed by atoms with Crippen molar-refractivity contribution >= 4 is 15.9 Å². The van der Waals surface area contributed by atoms with Gasteiger partial charge in [-0.2, -0.15) is 145 Å². The van der Waals surface area contributed by atoms with E-state index in [0.29, 0.717) is 0 Å². The summed E-state index contributed by atoms with van der Waals surface area (Å²) in [7, 11) is 0. The first kappa shape index (κ1) is 53.0. The Morgan fingerprint density at radius 1 is 0.200 bits per heavy atom. The van der Waals surface area contributed by atoms with Crippen molar-refractivity contribution < 1.29 is 169 Å². The second-order valence-electron chi connectivity index (χ2n) is 8.98. The highest BCUT2D eigenvalue weighted by Gasteiger charge is 2.90. The molecule has 0 radical (unpaired) electrons. The molecule has 0 aliphatic carbocycles. The molecule has 0 saturated heterocycles. The monoisotopic (exact) mass is 978 g/mol. The van der Waals surface area contributed by atoms with Crippen LogP contribution >= 0.6 is 15.9 Å². The van der Waals surface area contributed by atoms with Crippen LogP contribution in [0.3, 0.4) is 0 Å². The summed E-state index contributed by atoms with van der Waals surface area (Å²) in [5.41, 5.74) is 0. The van der Waals surface area contributed by atoms with Gasteiger partial charge in [0.2, 0.25) is 0 Å². The van der Waals surface area contributed by atoms with E-state index in [4.69, 9.17) is 0 Å². The summed E-state index contributed by atoms with van der Waals surface area (Å²) in [6.07, 6.45) is -95.4. The van der Waals surface area contributed by atoms with Crippen LogP contribution in [0.1, 0.15) is 0 Å². The standard InChI is InChI=1S/C16BrF33O5/c17-5(22,23)15(47,48)54-3(20,8(30,31)32)13(43,44)52-1(18,6(24,25)26)11(39,40)51-2(19,7(27,28)29)12(41,42)53-4(21,9(33,34)35)14(45,46)55-16(49,50)10(36,37)38. The predicted molar refractivity (Wildman–Crippen MR) is 94.6 cm³/mol. The lowest BCUT2D eigenvalue weighted by Gasteiger charge is -2.44. The molecule has 0 aliphatic rings. The number of ether oxygens (including phenoxy) is 5. The molecule has 0 aromatic rings. The van der Waals surface area contributed by atoms with Crippen LogP contribution in [0.25, 0.3) is 0 Å². The molecule has 0 fully saturated rings. The first-order chi connectivity index (χ1) is 23.0. The zero-order valence-electron chi connectivity index (χ0n) is 22.9. The van der Waals surface area contributed by atoms with Gasteiger partial charge >= 0.3 is 95.8 Å². The van der Waals surface area contributed by atoms with Gasteiger partial charge in [-0.15, -0.1) is 0 Å². The topological polar surface area (TPSA) is 46.2 Å². The Morgan fingerprint density at radius 3 is 0.509 bits per heavy atom. The molecule has 0 rings (SSSR count). The van der Waals surface area contributed by atoms with Gasteiger partial charge < -0.3 is 0 Å². The van der Waals surface area contributed by atoms with E-state index >= 15 is 0 Å².